The van der Waals surface area contributed by atoms with Crippen LogP contribution in [-0.4, -0.2) is 95.3 Å². The molecule has 9 N–H and O–H groups in total. The predicted octanol–water partition coefficient (Wildman–Crippen LogP) is 3.21. The third-order valence-electron chi connectivity index (χ3n) is 9.54. The summed E-state index contributed by atoms with van der Waals surface area (Å²) in [5.74, 6) is 4.32. The summed E-state index contributed by atoms with van der Waals surface area (Å²) in [7, 11) is 3.23. The monoisotopic (exact) mass is 871 g/mol. The van der Waals surface area contributed by atoms with Gasteiger partial charge >= 0.3 is 0 Å². The van der Waals surface area contributed by atoms with Crippen LogP contribution in [0.5, 0.6) is 11.5 Å². The Morgan fingerprint density at radius 1 is 0.875 bits per heavy atom. The van der Waals surface area contributed by atoms with Gasteiger partial charge in [-0.2, -0.15) is 10.2 Å². The quantitative estimate of drug-likeness (QED) is 0.0413. The van der Waals surface area contributed by atoms with Gasteiger partial charge in [-0.1, -0.05) is 24.0 Å². The molecule has 0 fully saturated rings. The number of carbonyl (C=O) groups excluding carboxylic acids is 4. The fraction of sp³-hybridized carbons (Fsp3) is 0.279. The second kappa shape index (κ2) is 20.0. The molecule has 0 aliphatic rings. The number of carbonyl (C=O) groups is 4. The minimum absolute atomic E-state index is 0.0675. The number of hydrogen-bond acceptors (Lipinski definition) is 13. The van der Waals surface area contributed by atoms with E-state index in [-0.39, 0.29) is 59.9 Å². The standard InChI is InChI=1S/C43H49N15O6/c1-7-48-32(17-25(3)44)40(61)52-42-50-30-19-27(38(45)59)21-34(63-6)36(30)56(42)14-9-10-15-57-37-31(51-43(57)53-41(62)33-18-26(4)54-58(33)8-2)20-28(39(46)60)22-35(37)64-16-12-11-13-55-24-29(47-5)23-49-55/h9-10,17-24,47H,7-8,13-16,44H2,1-6H3,(H2,45,59)(H2,46,60)(H,50,52,61)(H,51,53,62)/b10-9+,25-17-,48-32?. The molecule has 4 heterocycles. The van der Waals surface area contributed by atoms with Crippen LogP contribution in [0.15, 0.2) is 71.6 Å². The molecule has 0 aliphatic heterocycles. The highest BCUT2D eigenvalue weighted by atomic mass is 16.5. The summed E-state index contributed by atoms with van der Waals surface area (Å²) in [5, 5.41) is 17.4. The number of nitrogens with zero attached hydrogens (tertiary/aromatic N) is 9. The number of nitrogens with two attached hydrogens (primary N) is 3. The molecular formula is C43H49N15O6. The van der Waals surface area contributed by atoms with Crippen molar-refractivity contribution in [2.24, 2.45) is 22.2 Å². The lowest BCUT2D eigenvalue weighted by Gasteiger charge is -2.12. The maximum absolute atomic E-state index is 13.8. The molecule has 0 atom stereocenters. The SMILES string of the molecule is CCN=C(/C=C(/C)N)C(=O)Nc1nc2cc(C(N)=O)cc(OC)c2n1C/C=C/Cn1c(NC(=O)c2cc(C)nn2CC)nc2cc(C(N)=O)cc(OCC#CCn3cc(NC)cn3)c21. The Hall–Kier alpha value is -8.41. The van der Waals surface area contributed by atoms with Crippen molar-refractivity contribution in [3.05, 3.63) is 89.2 Å². The molecular weight excluding hydrogens is 823 g/mol. The van der Waals surface area contributed by atoms with Crippen LogP contribution in [0.2, 0.25) is 0 Å². The number of methoxy groups -OCH3 is 1. The van der Waals surface area contributed by atoms with Crippen molar-refractivity contribution in [1.29, 1.82) is 0 Å². The third-order valence-corrected chi connectivity index (χ3v) is 9.54. The Labute approximate surface area is 367 Å². The Morgan fingerprint density at radius 2 is 1.50 bits per heavy atom. The molecule has 21 heteroatoms. The summed E-state index contributed by atoms with van der Waals surface area (Å²) >= 11 is 0. The van der Waals surface area contributed by atoms with Crippen molar-refractivity contribution >= 4 is 69.0 Å². The maximum Gasteiger partial charge on any atom is 0.276 e. The average molecular weight is 872 g/mol. The topological polar surface area (TPSA) is 285 Å². The van der Waals surface area contributed by atoms with E-state index in [0.717, 1.165) is 5.69 Å². The molecule has 4 amide bonds. The van der Waals surface area contributed by atoms with Crippen molar-refractivity contribution in [3.63, 3.8) is 0 Å². The zero-order valence-corrected chi connectivity index (χ0v) is 36.2. The molecule has 0 aliphatic carbocycles. The molecule has 0 unspecified atom stereocenters. The molecule has 332 valence electrons. The summed E-state index contributed by atoms with van der Waals surface area (Å²) in [6.07, 6.45) is 8.56. The minimum atomic E-state index is -0.713. The van der Waals surface area contributed by atoms with Crippen molar-refractivity contribution in [3.8, 4) is 23.3 Å². The Kier molecular flexibility index (Phi) is 14.1. The molecule has 4 aromatic heterocycles. The molecule has 0 saturated heterocycles. The summed E-state index contributed by atoms with van der Waals surface area (Å²) < 4.78 is 18.5. The number of primary amides is 2. The number of imidazole rings is 2. The molecule has 21 nitrogen and oxygen atoms in total. The Bertz CT molecular complexity index is 2910. The zero-order valence-electron chi connectivity index (χ0n) is 36.2. The van der Waals surface area contributed by atoms with Gasteiger partial charge in [0.2, 0.25) is 23.7 Å². The number of rotatable bonds is 18. The maximum atomic E-state index is 13.8. The number of anilines is 3. The molecule has 0 radical (unpaired) electrons. The number of amides is 4. The average Bonchev–Trinajstić information content (AvgIpc) is 4.05. The van der Waals surface area contributed by atoms with Crippen LogP contribution in [0.4, 0.5) is 17.6 Å². The number of nitrogens with one attached hydrogen (secondary N) is 3. The Morgan fingerprint density at radius 3 is 2.06 bits per heavy atom. The van der Waals surface area contributed by atoms with Crippen LogP contribution < -0.4 is 42.6 Å². The first-order valence-electron chi connectivity index (χ1n) is 20.1. The van der Waals surface area contributed by atoms with Crippen molar-refractivity contribution in [1.82, 2.24) is 38.7 Å². The van der Waals surface area contributed by atoms with Gasteiger partial charge in [0.25, 0.3) is 11.8 Å². The van der Waals surface area contributed by atoms with Crippen LogP contribution in [0.25, 0.3) is 22.1 Å². The number of hydrogen-bond donors (Lipinski definition) is 6. The fourth-order valence-electron chi connectivity index (χ4n) is 6.67. The van der Waals surface area contributed by atoms with E-state index in [1.165, 1.54) is 37.5 Å². The lowest BCUT2D eigenvalue weighted by molar-refractivity contribution is -0.110. The van der Waals surface area contributed by atoms with Crippen molar-refractivity contribution in [2.45, 2.75) is 53.9 Å². The lowest BCUT2D eigenvalue weighted by atomic mass is 10.1. The number of fused-ring (bicyclic) bond motifs is 2. The van der Waals surface area contributed by atoms with Crippen molar-refractivity contribution in [2.75, 3.05) is 43.3 Å². The van der Waals surface area contributed by atoms with E-state index >= 15 is 0 Å². The van der Waals surface area contributed by atoms with Gasteiger partial charge in [0, 0.05) is 56.2 Å². The van der Waals surface area contributed by atoms with Crippen LogP contribution >= 0.6 is 0 Å². The first-order chi connectivity index (χ1) is 30.7. The van der Waals surface area contributed by atoms with Gasteiger partial charge in [0.05, 0.1) is 35.7 Å². The first kappa shape index (κ1) is 45.1. The van der Waals surface area contributed by atoms with Gasteiger partial charge in [-0.3, -0.25) is 44.2 Å². The molecule has 6 aromatic rings. The van der Waals surface area contributed by atoms with Gasteiger partial charge < -0.3 is 41.1 Å². The number of aromatic nitrogens is 8. The van der Waals surface area contributed by atoms with Gasteiger partial charge in [0.1, 0.15) is 47.1 Å². The second-order valence-electron chi connectivity index (χ2n) is 14.1. The van der Waals surface area contributed by atoms with Gasteiger partial charge in [-0.15, -0.1) is 0 Å². The van der Waals surface area contributed by atoms with Crippen molar-refractivity contribution < 1.29 is 28.7 Å². The fourth-order valence-corrected chi connectivity index (χ4v) is 6.67. The van der Waals surface area contributed by atoms with Crippen LogP contribution in [0, 0.1) is 18.8 Å². The van der Waals surface area contributed by atoms with E-state index in [2.05, 4.69) is 48.0 Å². The highest BCUT2D eigenvalue weighted by Gasteiger charge is 2.23. The number of ether oxygens (including phenoxy) is 2. The van der Waals surface area contributed by atoms with E-state index in [9.17, 15) is 19.2 Å². The highest BCUT2D eigenvalue weighted by Crippen LogP contribution is 2.33. The number of allylic oxidation sites excluding steroid dienone is 3. The van der Waals surface area contributed by atoms with E-state index in [0.29, 0.717) is 58.8 Å². The predicted molar refractivity (Wildman–Crippen MR) is 242 cm³/mol. The summed E-state index contributed by atoms with van der Waals surface area (Å²) in [4.78, 5) is 65.8. The second-order valence-corrected chi connectivity index (χ2v) is 14.1. The Balaban J connectivity index is 1.40. The zero-order chi connectivity index (χ0) is 46.1. The minimum Gasteiger partial charge on any atom is -0.494 e. The van der Waals surface area contributed by atoms with Gasteiger partial charge in [0.15, 0.2) is 0 Å². The molecule has 0 bridgehead atoms. The van der Waals surface area contributed by atoms with E-state index < -0.39 is 23.6 Å². The molecule has 2 aromatic carbocycles. The lowest BCUT2D eigenvalue weighted by Crippen LogP contribution is -2.24. The van der Waals surface area contributed by atoms with E-state index in [1.54, 1.807) is 70.7 Å². The van der Waals surface area contributed by atoms with Gasteiger partial charge in [-0.05, 0) is 64.1 Å². The molecule has 0 saturated carbocycles. The molecule has 0 spiro atoms. The number of aryl methyl sites for hydroxylation is 2. The normalized spacial score (nSPS) is 11.8. The van der Waals surface area contributed by atoms with E-state index in [4.69, 9.17) is 31.7 Å². The summed E-state index contributed by atoms with van der Waals surface area (Å²) in [6.45, 7) is 8.32. The van der Waals surface area contributed by atoms with Gasteiger partial charge in [-0.25, -0.2) is 9.97 Å². The summed E-state index contributed by atoms with van der Waals surface area (Å²) in [5.41, 5.74) is 21.4. The largest absolute Gasteiger partial charge is 0.494 e. The third kappa shape index (κ3) is 10.2. The molecule has 6 rings (SSSR count). The first-order valence-corrected chi connectivity index (χ1v) is 20.1. The summed E-state index contributed by atoms with van der Waals surface area (Å²) in [6, 6.07) is 7.68. The number of benzene rings is 2. The van der Waals surface area contributed by atoms with E-state index in [1.807, 2.05) is 13.1 Å². The molecule has 64 heavy (non-hydrogen) atoms. The smallest absolute Gasteiger partial charge is 0.276 e. The number of aliphatic imine (C=N–C) groups is 1. The van der Waals surface area contributed by atoms with Crippen LogP contribution in [0.1, 0.15) is 57.7 Å². The van der Waals surface area contributed by atoms with Crippen LogP contribution in [0.3, 0.4) is 0 Å². The van der Waals surface area contributed by atoms with Crippen LogP contribution in [-0.2, 0) is 31.0 Å². The highest BCUT2D eigenvalue weighted by molar-refractivity contribution is 6.47.